The first-order chi connectivity index (χ1) is 18.1. The average Bonchev–Trinajstić information content (AvgIpc) is 3.70. The molecule has 0 aliphatic carbocycles. The van der Waals surface area contributed by atoms with E-state index in [0.717, 1.165) is 47.5 Å². The quantitative estimate of drug-likeness (QED) is 0.358. The van der Waals surface area contributed by atoms with Crippen LogP contribution in [0.3, 0.4) is 0 Å². The van der Waals surface area contributed by atoms with Gasteiger partial charge in [-0.05, 0) is 68.2 Å². The van der Waals surface area contributed by atoms with Crippen LogP contribution in [0.15, 0.2) is 55.4 Å². The number of aromatic nitrogens is 8. The second-order valence-electron chi connectivity index (χ2n) is 9.56. The number of pyridine rings is 2. The number of nitrogens with one attached hydrogen (secondary N) is 2. The molecule has 0 amide bonds. The van der Waals surface area contributed by atoms with Gasteiger partial charge >= 0.3 is 0 Å². The SMILES string of the molecule is Cc1cn(-c2nccc3[nH]c(-c4[nH]nc5c(F)cc(-c6cncc(CN7CCCC7)c6)cc45)nc23)cn1. The largest absolute Gasteiger partial charge is 0.336 e. The topological polar surface area (TPSA) is 104 Å². The molecule has 0 radical (unpaired) electrons. The number of H-pyrrole nitrogens is 2. The minimum absolute atomic E-state index is 0.268. The maximum Gasteiger partial charge on any atom is 0.166 e. The maximum absolute atomic E-state index is 15.2. The summed E-state index contributed by atoms with van der Waals surface area (Å²) in [5.41, 5.74) is 6.00. The number of hydrogen-bond donors (Lipinski definition) is 2. The molecule has 0 unspecified atom stereocenters. The molecule has 0 spiro atoms. The van der Waals surface area contributed by atoms with Gasteiger partial charge in [0.1, 0.15) is 23.1 Å². The third-order valence-electron chi connectivity index (χ3n) is 6.92. The van der Waals surface area contributed by atoms with E-state index in [1.54, 1.807) is 18.7 Å². The number of nitrogens with zero attached hydrogens (tertiary/aromatic N) is 7. The Balaban J connectivity index is 1.31. The summed E-state index contributed by atoms with van der Waals surface area (Å²) >= 11 is 0. The van der Waals surface area contributed by atoms with E-state index in [0.29, 0.717) is 28.2 Å². The van der Waals surface area contributed by atoms with E-state index in [-0.39, 0.29) is 5.52 Å². The number of benzene rings is 1. The highest BCUT2D eigenvalue weighted by Crippen LogP contribution is 2.33. The predicted octanol–water partition coefficient (Wildman–Crippen LogP) is 4.79. The van der Waals surface area contributed by atoms with Gasteiger partial charge in [-0.15, -0.1) is 0 Å². The Morgan fingerprint density at radius 1 is 1.03 bits per heavy atom. The van der Waals surface area contributed by atoms with Gasteiger partial charge in [-0.2, -0.15) is 5.10 Å². The molecule has 37 heavy (non-hydrogen) atoms. The number of rotatable bonds is 5. The molecular formula is C27H24FN9. The molecule has 0 bridgehead atoms. The number of likely N-dealkylation sites (tertiary alicyclic amines) is 1. The van der Waals surface area contributed by atoms with E-state index in [1.165, 1.54) is 18.9 Å². The first-order valence-corrected chi connectivity index (χ1v) is 12.3. The summed E-state index contributed by atoms with van der Waals surface area (Å²) in [6, 6.07) is 7.42. The molecule has 5 aromatic heterocycles. The van der Waals surface area contributed by atoms with E-state index in [9.17, 15) is 0 Å². The number of hydrogen-bond acceptors (Lipinski definition) is 6. The Hall–Kier alpha value is -4.44. The summed E-state index contributed by atoms with van der Waals surface area (Å²) in [5, 5.41) is 7.89. The monoisotopic (exact) mass is 493 g/mol. The van der Waals surface area contributed by atoms with Crippen LogP contribution in [0, 0.1) is 12.7 Å². The zero-order valence-corrected chi connectivity index (χ0v) is 20.2. The highest BCUT2D eigenvalue weighted by Gasteiger charge is 2.19. The van der Waals surface area contributed by atoms with Crippen molar-refractivity contribution in [2.45, 2.75) is 26.3 Å². The number of aryl methyl sites for hydroxylation is 1. The standard InChI is InChI=1S/C27H24FN9/c1-16-13-37(15-31-16)27-25-22(4-5-30-27)32-26(33-25)24-20-9-18(10-21(28)23(20)34-35-24)19-8-17(11-29-12-19)14-36-6-2-3-7-36/h4-5,8-13,15H,2-3,6-7,14H2,1H3,(H,32,33)(H,34,35). The highest BCUT2D eigenvalue weighted by molar-refractivity contribution is 5.96. The first-order valence-electron chi connectivity index (χ1n) is 12.3. The van der Waals surface area contributed by atoms with Crippen LogP contribution in [0.1, 0.15) is 24.1 Å². The summed E-state index contributed by atoms with van der Waals surface area (Å²) in [5.74, 6) is 0.825. The Labute approximate surface area is 211 Å². The Kier molecular flexibility index (Phi) is 5.07. The fraction of sp³-hybridized carbons (Fsp3) is 0.222. The predicted molar refractivity (Wildman–Crippen MR) is 139 cm³/mol. The summed E-state index contributed by atoms with van der Waals surface area (Å²) in [4.78, 5) is 23.8. The van der Waals surface area contributed by atoms with Gasteiger partial charge in [-0.25, -0.2) is 19.3 Å². The van der Waals surface area contributed by atoms with Crippen molar-refractivity contribution in [3.63, 3.8) is 0 Å². The summed E-state index contributed by atoms with van der Waals surface area (Å²) < 4.78 is 17.1. The average molecular weight is 494 g/mol. The Morgan fingerprint density at radius 3 is 2.76 bits per heavy atom. The zero-order chi connectivity index (χ0) is 24.9. The molecule has 1 aromatic carbocycles. The molecular weight excluding hydrogens is 469 g/mol. The maximum atomic E-state index is 15.2. The minimum Gasteiger partial charge on any atom is -0.336 e. The van der Waals surface area contributed by atoms with Gasteiger partial charge in [0.25, 0.3) is 0 Å². The van der Waals surface area contributed by atoms with Gasteiger partial charge in [-0.3, -0.25) is 19.5 Å². The zero-order valence-electron chi connectivity index (χ0n) is 20.2. The molecule has 1 aliphatic rings. The van der Waals surface area contributed by atoms with Gasteiger partial charge in [0.05, 0.1) is 11.2 Å². The van der Waals surface area contributed by atoms with Gasteiger partial charge in [0.15, 0.2) is 17.5 Å². The third kappa shape index (κ3) is 3.86. The van der Waals surface area contributed by atoms with Crippen molar-refractivity contribution in [2.24, 2.45) is 0 Å². The molecule has 9 nitrogen and oxygen atoms in total. The number of halogens is 1. The highest BCUT2D eigenvalue weighted by atomic mass is 19.1. The van der Waals surface area contributed by atoms with Crippen molar-refractivity contribution >= 4 is 21.9 Å². The Bertz CT molecular complexity index is 1760. The normalized spacial score (nSPS) is 14.3. The van der Waals surface area contributed by atoms with E-state index in [4.69, 9.17) is 4.98 Å². The lowest BCUT2D eigenvalue weighted by Gasteiger charge is -2.14. The summed E-state index contributed by atoms with van der Waals surface area (Å²) in [6.45, 7) is 5.00. The molecule has 1 fully saturated rings. The summed E-state index contributed by atoms with van der Waals surface area (Å²) in [6.07, 6.45) is 11.5. The molecule has 0 saturated carbocycles. The van der Waals surface area contributed by atoms with Gasteiger partial charge in [-0.1, -0.05) is 0 Å². The molecule has 6 heterocycles. The van der Waals surface area contributed by atoms with Crippen molar-refractivity contribution in [2.75, 3.05) is 13.1 Å². The molecule has 6 aromatic rings. The van der Waals surface area contributed by atoms with Crippen molar-refractivity contribution in [1.82, 2.24) is 44.6 Å². The molecule has 10 heteroatoms. The molecule has 7 rings (SSSR count). The fourth-order valence-electron chi connectivity index (χ4n) is 5.12. The lowest BCUT2D eigenvalue weighted by Crippen LogP contribution is -2.18. The molecule has 0 atom stereocenters. The summed E-state index contributed by atoms with van der Waals surface area (Å²) in [7, 11) is 0. The fourth-order valence-corrected chi connectivity index (χ4v) is 5.12. The van der Waals surface area contributed by atoms with Crippen LogP contribution in [0.2, 0.25) is 0 Å². The van der Waals surface area contributed by atoms with Crippen LogP contribution in [-0.4, -0.2) is 57.7 Å². The second-order valence-corrected chi connectivity index (χ2v) is 9.56. The van der Waals surface area contributed by atoms with Crippen molar-refractivity contribution in [3.05, 3.63) is 72.5 Å². The van der Waals surface area contributed by atoms with Crippen LogP contribution in [0.5, 0.6) is 0 Å². The van der Waals surface area contributed by atoms with Crippen LogP contribution in [-0.2, 0) is 6.54 Å². The van der Waals surface area contributed by atoms with Gasteiger partial charge in [0.2, 0.25) is 0 Å². The second kappa shape index (κ2) is 8.59. The van der Waals surface area contributed by atoms with E-state index in [1.807, 2.05) is 36.0 Å². The van der Waals surface area contributed by atoms with Crippen molar-refractivity contribution in [1.29, 1.82) is 0 Å². The van der Waals surface area contributed by atoms with Crippen LogP contribution >= 0.6 is 0 Å². The third-order valence-corrected chi connectivity index (χ3v) is 6.92. The van der Waals surface area contributed by atoms with E-state index < -0.39 is 5.82 Å². The van der Waals surface area contributed by atoms with E-state index in [2.05, 4.69) is 41.1 Å². The van der Waals surface area contributed by atoms with E-state index >= 15 is 4.39 Å². The van der Waals surface area contributed by atoms with Crippen LogP contribution in [0.25, 0.3) is 50.4 Å². The molecule has 184 valence electrons. The van der Waals surface area contributed by atoms with Crippen LogP contribution in [0.4, 0.5) is 4.39 Å². The number of fused-ring (bicyclic) bond motifs is 2. The Morgan fingerprint density at radius 2 is 1.92 bits per heavy atom. The number of imidazole rings is 2. The number of aromatic amines is 2. The lowest BCUT2D eigenvalue weighted by atomic mass is 10.0. The van der Waals surface area contributed by atoms with Crippen molar-refractivity contribution in [3.8, 4) is 28.5 Å². The smallest absolute Gasteiger partial charge is 0.166 e. The minimum atomic E-state index is -0.396. The molecule has 2 N–H and O–H groups in total. The first kappa shape index (κ1) is 21.8. The lowest BCUT2D eigenvalue weighted by molar-refractivity contribution is 0.331. The van der Waals surface area contributed by atoms with Crippen molar-refractivity contribution < 1.29 is 4.39 Å². The van der Waals surface area contributed by atoms with Gasteiger partial charge in [0, 0.05) is 42.3 Å². The molecule has 1 saturated heterocycles. The molecule has 1 aliphatic heterocycles. The van der Waals surface area contributed by atoms with Gasteiger partial charge < -0.3 is 4.98 Å². The van der Waals surface area contributed by atoms with Crippen LogP contribution < -0.4 is 0 Å².